The fourth-order valence-electron chi connectivity index (χ4n) is 2.31. The van der Waals surface area contributed by atoms with Gasteiger partial charge in [-0.15, -0.1) is 0 Å². The van der Waals surface area contributed by atoms with Gasteiger partial charge in [0.2, 0.25) is 0 Å². The summed E-state index contributed by atoms with van der Waals surface area (Å²) in [4.78, 5) is 0. The van der Waals surface area contributed by atoms with E-state index in [0.29, 0.717) is 10.3 Å². The second-order valence-electron chi connectivity index (χ2n) is 4.84. The molecule has 1 aromatic rings. The van der Waals surface area contributed by atoms with Crippen molar-refractivity contribution in [1.82, 2.24) is 5.32 Å². The third-order valence-corrected chi connectivity index (χ3v) is 5.19. The van der Waals surface area contributed by atoms with Crippen LogP contribution in [0.3, 0.4) is 0 Å². The lowest BCUT2D eigenvalue weighted by atomic mass is 9.95. The minimum atomic E-state index is -0.187. The Labute approximate surface area is 117 Å². The SMILES string of the molecule is CC(SCc1ccc(Cl)cc1F)C1CCNCC1. The maximum atomic E-state index is 13.6. The molecule has 1 N–H and O–H groups in total. The van der Waals surface area contributed by atoms with E-state index in [4.69, 9.17) is 11.6 Å². The first-order valence-electron chi connectivity index (χ1n) is 6.43. The van der Waals surface area contributed by atoms with E-state index in [2.05, 4.69) is 12.2 Å². The number of nitrogens with one attached hydrogen (secondary N) is 1. The highest BCUT2D eigenvalue weighted by Crippen LogP contribution is 2.29. The average molecular weight is 288 g/mol. The third kappa shape index (κ3) is 3.87. The normalized spacial score (nSPS) is 18.8. The zero-order chi connectivity index (χ0) is 13.0. The van der Waals surface area contributed by atoms with Gasteiger partial charge in [-0.25, -0.2) is 4.39 Å². The molecule has 1 atom stereocenters. The molecule has 0 amide bonds. The van der Waals surface area contributed by atoms with Crippen molar-refractivity contribution in [2.24, 2.45) is 5.92 Å². The second kappa shape index (κ2) is 6.78. The highest BCUT2D eigenvalue weighted by Gasteiger charge is 2.20. The smallest absolute Gasteiger partial charge is 0.128 e. The number of rotatable bonds is 4. The molecule has 1 fully saturated rings. The van der Waals surface area contributed by atoms with Crippen molar-refractivity contribution >= 4 is 23.4 Å². The molecule has 4 heteroatoms. The molecule has 18 heavy (non-hydrogen) atoms. The van der Waals surface area contributed by atoms with Crippen LogP contribution in [0.5, 0.6) is 0 Å². The molecule has 2 rings (SSSR count). The third-order valence-electron chi connectivity index (χ3n) is 3.56. The van der Waals surface area contributed by atoms with Gasteiger partial charge in [-0.05, 0) is 49.5 Å². The van der Waals surface area contributed by atoms with Crippen LogP contribution in [0.25, 0.3) is 0 Å². The van der Waals surface area contributed by atoms with Gasteiger partial charge in [-0.3, -0.25) is 0 Å². The zero-order valence-electron chi connectivity index (χ0n) is 10.6. The van der Waals surface area contributed by atoms with Gasteiger partial charge in [0.05, 0.1) is 0 Å². The van der Waals surface area contributed by atoms with Crippen molar-refractivity contribution in [2.75, 3.05) is 13.1 Å². The van der Waals surface area contributed by atoms with E-state index in [-0.39, 0.29) is 5.82 Å². The van der Waals surface area contributed by atoms with Crippen LogP contribution in [0.4, 0.5) is 4.39 Å². The summed E-state index contributed by atoms with van der Waals surface area (Å²) in [6.07, 6.45) is 2.47. The summed E-state index contributed by atoms with van der Waals surface area (Å²) in [5.74, 6) is 1.30. The first-order chi connectivity index (χ1) is 8.66. The number of benzene rings is 1. The van der Waals surface area contributed by atoms with E-state index < -0.39 is 0 Å². The lowest BCUT2D eigenvalue weighted by molar-refractivity contribution is 0.373. The lowest BCUT2D eigenvalue weighted by Crippen LogP contribution is -2.31. The van der Waals surface area contributed by atoms with Crippen molar-refractivity contribution in [2.45, 2.75) is 30.8 Å². The maximum absolute atomic E-state index is 13.6. The van der Waals surface area contributed by atoms with E-state index in [0.717, 1.165) is 30.3 Å². The Morgan fingerprint density at radius 1 is 1.44 bits per heavy atom. The molecule has 0 aliphatic carbocycles. The van der Waals surface area contributed by atoms with E-state index in [1.807, 2.05) is 11.8 Å². The number of hydrogen-bond donors (Lipinski definition) is 1. The van der Waals surface area contributed by atoms with E-state index >= 15 is 0 Å². The highest BCUT2D eigenvalue weighted by molar-refractivity contribution is 7.99. The maximum Gasteiger partial charge on any atom is 0.128 e. The Balaban J connectivity index is 1.86. The number of thioether (sulfide) groups is 1. The van der Waals surface area contributed by atoms with Crippen LogP contribution in [0, 0.1) is 11.7 Å². The van der Waals surface area contributed by atoms with E-state index in [1.165, 1.54) is 18.9 Å². The molecule has 0 saturated carbocycles. The number of piperidine rings is 1. The molecule has 1 aliphatic rings. The predicted molar refractivity (Wildman–Crippen MR) is 77.8 cm³/mol. The molecule has 1 heterocycles. The van der Waals surface area contributed by atoms with Crippen molar-refractivity contribution in [1.29, 1.82) is 0 Å². The Morgan fingerprint density at radius 3 is 2.83 bits per heavy atom. The van der Waals surface area contributed by atoms with Gasteiger partial charge < -0.3 is 5.32 Å². The van der Waals surface area contributed by atoms with Crippen molar-refractivity contribution < 1.29 is 4.39 Å². The van der Waals surface area contributed by atoms with Crippen molar-refractivity contribution in [3.05, 3.63) is 34.6 Å². The van der Waals surface area contributed by atoms with Crippen molar-refractivity contribution in [3.8, 4) is 0 Å². The van der Waals surface area contributed by atoms with Crippen LogP contribution in [0.15, 0.2) is 18.2 Å². The standard InChI is InChI=1S/C14H19ClFNS/c1-10(11-4-6-17-7-5-11)18-9-12-2-3-13(15)8-14(12)16/h2-3,8,10-11,17H,4-7,9H2,1H3. The first kappa shape index (κ1) is 14.2. The highest BCUT2D eigenvalue weighted by atomic mass is 35.5. The minimum Gasteiger partial charge on any atom is -0.317 e. The van der Waals surface area contributed by atoms with E-state index in [9.17, 15) is 4.39 Å². The van der Waals surface area contributed by atoms with Gasteiger partial charge in [0, 0.05) is 16.0 Å². The summed E-state index contributed by atoms with van der Waals surface area (Å²) in [6, 6.07) is 4.95. The minimum absolute atomic E-state index is 0.187. The molecule has 1 saturated heterocycles. The Bertz CT molecular complexity index is 393. The quantitative estimate of drug-likeness (QED) is 0.895. The molecule has 1 nitrogen and oxygen atoms in total. The van der Waals surface area contributed by atoms with Crippen LogP contribution < -0.4 is 5.32 Å². The predicted octanol–water partition coefficient (Wildman–Crippen LogP) is 4.10. The summed E-state index contributed by atoms with van der Waals surface area (Å²) in [5, 5.41) is 4.43. The second-order valence-corrected chi connectivity index (χ2v) is 6.64. The molecule has 0 aromatic heterocycles. The van der Waals surface area contributed by atoms with Gasteiger partial charge in [-0.1, -0.05) is 24.6 Å². The zero-order valence-corrected chi connectivity index (χ0v) is 12.2. The largest absolute Gasteiger partial charge is 0.317 e. The summed E-state index contributed by atoms with van der Waals surface area (Å²) >= 11 is 7.59. The fraction of sp³-hybridized carbons (Fsp3) is 0.571. The topological polar surface area (TPSA) is 12.0 Å². The fourth-order valence-corrected chi connectivity index (χ4v) is 3.69. The molecule has 0 bridgehead atoms. The van der Waals surface area contributed by atoms with Gasteiger partial charge in [-0.2, -0.15) is 11.8 Å². The van der Waals surface area contributed by atoms with Gasteiger partial charge >= 0.3 is 0 Å². The molecule has 100 valence electrons. The lowest BCUT2D eigenvalue weighted by Gasteiger charge is -2.27. The van der Waals surface area contributed by atoms with E-state index in [1.54, 1.807) is 12.1 Å². The van der Waals surface area contributed by atoms with Gasteiger partial charge in [0.1, 0.15) is 5.82 Å². The van der Waals surface area contributed by atoms with Crippen LogP contribution >= 0.6 is 23.4 Å². The van der Waals surface area contributed by atoms with Crippen molar-refractivity contribution in [3.63, 3.8) is 0 Å². The van der Waals surface area contributed by atoms with Crippen LogP contribution in [-0.2, 0) is 5.75 Å². The molecule has 1 aliphatic heterocycles. The number of halogens is 2. The first-order valence-corrected chi connectivity index (χ1v) is 7.85. The Morgan fingerprint density at radius 2 is 2.17 bits per heavy atom. The van der Waals surface area contributed by atoms with Crippen LogP contribution in [-0.4, -0.2) is 18.3 Å². The van der Waals surface area contributed by atoms with Gasteiger partial charge in [0.15, 0.2) is 0 Å². The molecule has 1 unspecified atom stereocenters. The molecular formula is C14H19ClFNS. The van der Waals surface area contributed by atoms with Gasteiger partial charge in [0.25, 0.3) is 0 Å². The Kier molecular flexibility index (Phi) is 5.34. The molecular weight excluding hydrogens is 269 g/mol. The van der Waals surface area contributed by atoms with Crippen LogP contribution in [0.1, 0.15) is 25.3 Å². The van der Waals surface area contributed by atoms with Crippen LogP contribution in [0.2, 0.25) is 5.02 Å². The Hall–Kier alpha value is -0.250. The average Bonchev–Trinajstić information content (AvgIpc) is 2.38. The summed E-state index contributed by atoms with van der Waals surface area (Å²) in [7, 11) is 0. The summed E-state index contributed by atoms with van der Waals surface area (Å²) in [5.41, 5.74) is 0.755. The summed E-state index contributed by atoms with van der Waals surface area (Å²) < 4.78 is 13.6. The molecule has 0 radical (unpaired) electrons. The molecule has 0 spiro atoms. The monoisotopic (exact) mass is 287 g/mol. The number of hydrogen-bond acceptors (Lipinski definition) is 2. The summed E-state index contributed by atoms with van der Waals surface area (Å²) in [6.45, 7) is 4.49. The molecule has 1 aromatic carbocycles.